The van der Waals surface area contributed by atoms with Crippen LogP contribution in [0.15, 0.2) is 18.2 Å². The van der Waals surface area contributed by atoms with E-state index < -0.39 is 0 Å². The molecule has 1 N–H and O–H groups in total. The van der Waals surface area contributed by atoms with E-state index in [2.05, 4.69) is 38.2 Å². The number of carbonyl (C=O) groups excluding carboxylic acids is 1. The molecule has 1 aromatic carbocycles. The molecule has 4 heterocycles. The first-order valence-corrected chi connectivity index (χ1v) is 10.4. The van der Waals surface area contributed by atoms with Gasteiger partial charge in [0.1, 0.15) is 0 Å². The summed E-state index contributed by atoms with van der Waals surface area (Å²) in [6.07, 6.45) is 5.77. The van der Waals surface area contributed by atoms with Gasteiger partial charge in [0.05, 0.1) is 11.6 Å². The highest BCUT2D eigenvalue weighted by Crippen LogP contribution is 2.51. The first-order chi connectivity index (χ1) is 13.3. The Hall–Kier alpha value is -1.92. The monoisotopic (exact) mass is 366 g/mol. The molecule has 2 atom stereocenters. The van der Waals surface area contributed by atoms with Crippen LogP contribution in [0.4, 0.5) is 0 Å². The van der Waals surface area contributed by atoms with Crippen molar-refractivity contribution in [3.05, 3.63) is 29.5 Å². The number of amides is 1. The third kappa shape index (κ3) is 2.20. The van der Waals surface area contributed by atoms with Crippen LogP contribution in [0, 0.1) is 0 Å². The van der Waals surface area contributed by atoms with Crippen LogP contribution in [0.5, 0.6) is 0 Å². The summed E-state index contributed by atoms with van der Waals surface area (Å²) < 4.78 is 5.48. The molecule has 6 rings (SSSR count). The highest BCUT2D eigenvalue weighted by atomic mass is 16.5. The molecule has 1 aromatic heterocycles. The average Bonchev–Trinajstić information content (AvgIpc) is 3.08. The second-order valence-electron chi connectivity index (χ2n) is 8.66. The fourth-order valence-corrected chi connectivity index (χ4v) is 5.85. The Bertz CT molecular complexity index is 899. The van der Waals surface area contributed by atoms with Crippen molar-refractivity contribution in [2.24, 2.45) is 0 Å². The number of piperazine rings is 1. The van der Waals surface area contributed by atoms with Crippen molar-refractivity contribution in [1.82, 2.24) is 20.0 Å². The summed E-state index contributed by atoms with van der Waals surface area (Å²) in [6, 6.07) is 6.84. The molecule has 1 spiro atoms. The predicted octanol–water partition coefficient (Wildman–Crippen LogP) is 2.52. The smallest absolute Gasteiger partial charge is 0.275 e. The molecule has 27 heavy (non-hydrogen) atoms. The number of nitrogens with zero attached hydrogens (tertiary/aromatic N) is 3. The van der Waals surface area contributed by atoms with Crippen LogP contribution in [0.2, 0.25) is 0 Å². The quantitative estimate of drug-likeness (QED) is 0.887. The number of aromatic nitrogens is 2. The lowest BCUT2D eigenvalue weighted by Crippen LogP contribution is -2.79. The SMILES string of the molecule is O=C(c1n[nH]c2cc(C3CCOCC3)ccc12)N1CCN2CCC23CCC13. The van der Waals surface area contributed by atoms with Gasteiger partial charge in [-0.2, -0.15) is 5.10 Å². The number of hydrogen-bond donors (Lipinski definition) is 1. The maximum absolute atomic E-state index is 13.3. The maximum Gasteiger partial charge on any atom is 0.275 e. The third-order valence-corrected chi connectivity index (χ3v) is 7.65. The van der Waals surface area contributed by atoms with Crippen LogP contribution in [-0.4, -0.2) is 70.3 Å². The fourth-order valence-electron chi connectivity index (χ4n) is 5.85. The summed E-state index contributed by atoms with van der Waals surface area (Å²) in [4.78, 5) is 18.0. The molecular formula is C21H26N4O2. The number of rotatable bonds is 2. The van der Waals surface area contributed by atoms with Gasteiger partial charge in [-0.1, -0.05) is 12.1 Å². The summed E-state index contributed by atoms with van der Waals surface area (Å²) in [5.41, 5.74) is 3.21. The Morgan fingerprint density at radius 2 is 2.04 bits per heavy atom. The molecule has 4 fully saturated rings. The standard InChI is InChI=1S/C21H26N4O2/c26-20(25-10-9-24-8-7-21(24)6-3-18(21)25)19-16-2-1-15(13-17(16)22-23-19)14-4-11-27-12-5-14/h1-2,13-14,18H,3-12H2,(H,22,23). The van der Waals surface area contributed by atoms with Crippen molar-refractivity contribution in [1.29, 1.82) is 0 Å². The zero-order valence-electron chi connectivity index (χ0n) is 15.6. The van der Waals surface area contributed by atoms with E-state index in [4.69, 9.17) is 4.74 Å². The third-order valence-electron chi connectivity index (χ3n) is 7.65. The molecule has 6 heteroatoms. The summed E-state index contributed by atoms with van der Waals surface area (Å²) in [6.45, 7) is 4.73. The van der Waals surface area contributed by atoms with Gasteiger partial charge in [0, 0.05) is 43.8 Å². The van der Waals surface area contributed by atoms with Gasteiger partial charge < -0.3 is 9.64 Å². The van der Waals surface area contributed by atoms with Gasteiger partial charge in [-0.05, 0) is 49.7 Å². The molecular weight excluding hydrogens is 340 g/mol. The van der Waals surface area contributed by atoms with Crippen molar-refractivity contribution in [3.8, 4) is 0 Å². The number of carbonyl (C=O) groups is 1. The molecule has 0 bridgehead atoms. The Kier molecular flexibility index (Phi) is 3.44. The molecule has 142 valence electrons. The highest BCUT2D eigenvalue weighted by Gasteiger charge is 2.61. The molecule has 2 aromatic rings. The topological polar surface area (TPSA) is 61.5 Å². The van der Waals surface area contributed by atoms with Gasteiger partial charge in [0.2, 0.25) is 0 Å². The molecule has 1 saturated carbocycles. The van der Waals surface area contributed by atoms with Crippen molar-refractivity contribution in [2.45, 2.75) is 49.6 Å². The lowest BCUT2D eigenvalue weighted by Gasteiger charge is -2.68. The minimum Gasteiger partial charge on any atom is -0.381 e. The van der Waals surface area contributed by atoms with Crippen LogP contribution >= 0.6 is 0 Å². The maximum atomic E-state index is 13.3. The van der Waals surface area contributed by atoms with Crippen LogP contribution in [-0.2, 0) is 4.74 Å². The predicted molar refractivity (Wildman–Crippen MR) is 102 cm³/mol. The number of hydrogen-bond acceptors (Lipinski definition) is 4. The zero-order chi connectivity index (χ0) is 18.0. The fraction of sp³-hybridized carbons (Fsp3) is 0.619. The number of ether oxygens (including phenoxy) is 1. The first-order valence-electron chi connectivity index (χ1n) is 10.4. The van der Waals surface area contributed by atoms with E-state index in [1.54, 1.807) is 0 Å². The van der Waals surface area contributed by atoms with E-state index in [9.17, 15) is 4.79 Å². The molecule has 2 unspecified atom stereocenters. The molecule has 1 aliphatic carbocycles. The van der Waals surface area contributed by atoms with Crippen LogP contribution in [0.1, 0.15) is 54.1 Å². The molecule has 3 aliphatic heterocycles. The van der Waals surface area contributed by atoms with Gasteiger partial charge in [-0.25, -0.2) is 0 Å². The van der Waals surface area contributed by atoms with Gasteiger partial charge in [-0.3, -0.25) is 14.8 Å². The van der Waals surface area contributed by atoms with Gasteiger partial charge >= 0.3 is 0 Å². The summed E-state index contributed by atoms with van der Waals surface area (Å²) in [5, 5.41) is 8.53. The van der Waals surface area contributed by atoms with Crippen LogP contribution < -0.4 is 0 Å². The van der Waals surface area contributed by atoms with Crippen LogP contribution in [0.25, 0.3) is 10.9 Å². The Morgan fingerprint density at radius 1 is 1.15 bits per heavy atom. The van der Waals surface area contributed by atoms with Gasteiger partial charge in [0.15, 0.2) is 5.69 Å². The van der Waals surface area contributed by atoms with Crippen molar-refractivity contribution >= 4 is 16.8 Å². The summed E-state index contributed by atoms with van der Waals surface area (Å²) >= 11 is 0. The van der Waals surface area contributed by atoms with Gasteiger partial charge in [-0.15, -0.1) is 0 Å². The number of fused-ring (bicyclic) bond motifs is 1. The Balaban J connectivity index is 1.29. The molecule has 4 aliphatic rings. The van der Waals surface area contributed by atoms with Crippen molar-refractivity contribution in [3.63, 3.8) is 0 Å². The van der Waals surface area contributed by atoms with E-state index >= 15 is 0 Å². The second-order valence-corrected chi connectivity index (χ2v) is 8.66. The molecule has 1 amide bonds. The van der Waals surface area contributed by atoms with E-state index in [1.807, 2.05) is 0 Å². The largest absolute Gasteiger partial charge is 0.381 e. The van der Waals surface area contributed by atoms with E-state index in [-0.39, 0.29) is 5.91 Å². The van der Waals surface area contributed by atoms with Crippen molar-refractivity contribution < 1.29 is 9.53 Å². The minimum atomic E-state index is 0.107. The van der Waals surface area contributed by atoms with Crippen molar-refractivity contribution in [2.75, 3.05) is 32.8 Å². The average molecular weight is 366 g/mol. The summed E-state index contributed by atoms with van der Waals surface area (Å²) in [7, 11) is 0. The minimum absolute atomic E-state index is 0.107. The Morgan fingerprint density at radius 3 is 2.78 bits per heavy atom. The molecule has 0 radical (unpaired) electrons. The molecule has 6 nitrogen and oxygen atoms in total. The first kappa shape index (κ1) is 16.1. The summed E-state index contributed by atoms with van der Waals surface area (Å²) in [5.74, 6) is 0.655. The van der Waals surface area contributed by atoms with E-state index in [1.165, 1.54) is 24.9 Å². The Labute approximate surface area is 158 Å². The lowest BCUT2D eigenvalue weighted by molar-refractivity contribution is -0.161. The highest BCUT2D eigenvalue weighted by molar-refractivity contribution is 6.05. The van der Waals surface area contributed by atoms with E-state index in [0.717, 1.165) is 56.5 Å². The second kappa shape index (κ2) is 5.79. The van der Waals surface area contributed by atoms with Gasteiger partial charge in [0.25, 0.3) is 5.91 Å². The number of H-pyrrole nitrogens is 1. The number of nitrogens with one attached hydrogen (secondary N) is 1. The zero-order valence-corrected chi connectivity index (χ0v) is 15.6. The molecule has 3 saturated heterocycles. The normalized spacial score (nSPS) is 31.1. The number of benzene rings is 1. The van der Waals surface area contributed by atoms with Crippen LogP contribution in [0.3, 0.4) is 0 Å². The lowest BCUT2D eigenvalue weighted by atomic mass is 9.61. The van der Waals surface area contributed by atoms with E-state index in [0.29, 0.717) is 23.2 Å². The number of aromatic amines is 1.